The fourth-order valence-corrected chi connectivity index (χ4v) is 5.23. The van der Waals surface area contributed by atoms with Crippen LogP contribution in [0, 0.1) is 12.8 Å². The van der Waals surface area contributed by atoms with Crippen molar-refractivity contribution in [3.63, 3.8) is 0 Å². The monoisotopic (exact) mass is 478 g/mol. The van der Waals surface area contributed by atoms with E-state index in [9.17, 15) is 14.7 Å². The molecule has 1 aliphatic carbocycles. The number of hydrogen-bond donors (Lipinski definition) is 2. The topological polar surface area (TPSA) is 103 Å². The van der Waals surface area contributed by atoms with Crippen LogP contribution in [0.4, 0.5) is 0 Å². The van der Waals surface area contributed by atoms with Gasteiger partial charge in [-0.1, -0.05) is 60.7 Å². The number of aromatic amines is 1. The molecule has 2 aromatic carbocycles. The van der Waals surface area contributed by atoms with Crippen LogP contribution in [-0.2, 0) is 27.4 Å². The molecule has 5 rings (SSSR count). The smallest absolute Gasteiger partial charge is 0.330 e. The van der Waals surface area contributed by atoms with E-state index in [1.54, 1.807) is 6.92 Å². The molecule has 8 nitrogen and oxygen atoms in total. The lowest BCUT2D eigenvalue weighted by Crippen LogP contribution is -2.58. The number of rotatable bonds is 8. The summed E-state index contributed by atoms with van der Waals surface area (Å²) < 4.78 is 20.4. The molecule has 2 fully saturated rings. The maximum atomic E-state index is 12.7. The molecule has 0 spiro atoms. The summed E-state index contributed by atoms with van der Waals surface area (Å²) in [5.41, 5.74) is 0.294. The average molecular weight is 479 g/mol. The lowest BCUT2D eigenvalue weighted by molar-refractivity contribution is -0.208. The lowest BCUT2D eigenvalue weighted by atomic mass is 9.75. The molecule has 1 saturated carbocycles. The molecule has 1 saturated heterocycles. The van der Waals surface area contributed by atoms with E-state index in [-0.39, 0.29) is 12.5 Å². The van der Waals surface area contributed by atoms with E-state index in [2.05, 4.69) is 4.98 Å². The number of nitrogens with zero attached hydrogens (tertiary/aromatic N) is 1. The molecular weight excluding hydrogens is 448 g/mol. The van der Waals surface area contributed by atoms with Crippen LogP contribution in [0.1, 0.15) is 35.8 Å². The van der Waals surface area contributed by atoms with Gasteiger partial charge in [0.15, 0.2) is 0 Å². The van der Waals surface area contributed by atoms with Crippen molar-refractivity contribution < 1.29 is 19.3 Å². The Bertz CT molecular complexity index is 1260. The summed E-state index contributed by atoms with van der Waals surface area (Å²) in [6, 6.07) is 19.6. The second-order valence-electron chi connectivity index (χ2n) is 9.39. The van der Waals surface area contributed by atoms with Crippen molar-refractivity contribution in [2.24, 2.45) is 5.92 Å². The van der Waals surface area contributed by atoms with Gasteiger partial charge in [-0.05, 0) is 30.9 Å². The summed E-state index contributed by atoms with van der Waals surface area (Å²) in [5, 5.41) is 11.2. The van der Waals surface area contributed by atoms with Gasteiger partial charge in [-0.2, -0.15) is 0 Å². The first kappa shape index (κ1) is 23.7. The molecule has 0 radical (unpaired) electrons. The molecule has 8 heteroatoms. The van der Waals surface area contributed by atoms with E-state index in [0.29, 0.717) is 31.6 Å². The van der Waals surface area contributed by atoms with Gasteiger partial charge in [0, 0.05) is 17.7 Å². The number of hydrogen-bond acceptors (Lipinski definition) is 6. The molecule has 0 amide bonds. The molecule has 2 heterocycles. The first-order valence-corrected chi connectivity index (χ1v) is 11.9. The Labute approximate surface area is 203 Å². The Kier molecular flexibility index (Phi) is 6.71. The summed E-state index contributed by atoms with van der Waals surface area (Å²) in [6.45, 7) is 2.45. The first-order valence-electron chi connectivity index (χ1n) is 11.9. The minimum atomic E-state index is -1.15. The maximum Gasteiger partial charge on any atom is 0.330 e. The van der Waals surface area contributed by atoms with E-state index in [1.165, 1.54) is 10.8 Å². The molecule has 0 unspecified atom stereocenters. The molecule has 184 valence electrons. The molecule has 2 bridgehead atoms. The molecule has 3 aromatic rings. The number of H-pyrrole nitrogens is 1. The van der Waals surface area contributed by atoms with Gasteiger partial charge in [-0.15, -0.1) is 0 Å². The number of aryl methyl sites for hydroxylation is 1. The van der Waals surface area contributed by atoms with Gasteiger partial charge in [-0.3, -0.25) is 14.3 Å². The fourth-order valence-electron chi connectivity index (χ4n) is 5.23. The van der Waals surface area contributed by atoms with Crippen LogP contribution in [0.15, 0.2) is 76.4 Å². The third-order valence-corrected chi connectivity index (χ3v) is 7.05. The molecule has 35 heavy (non-hydrogen) atoms. The van der Waals surface area contributed by atoms with Gasteiger partial charge < -0.3 is 19.3 Å². The Morgan fingerprint density at radius 2 is 1.69 bits per heavy atom. The Morgan fingerprint density at radius 3 is 2.37 bits per heavy atom. The van der Waals surface area contributed by atoms with Crippen molar-refractivity contribution in [3.05, 3.63) is 104 Å². The van der Waals surface area contributed by atoms with Gasteiger partial charge in [-0.25, -0.2) is 4.79 Å². The van der Waals surface area contributed by atoms with Crippen molar-refractivity contribution in [2.45, 2.75) is 57.0 Å². The highest BCUT2D eigenvalue weighted by molar-refractivity contribution is 5.16. The molecule has 5 atom stereocenters. The van der Waals surface area contributed by atoms with Gasteiger partial charge in [0.1, 0.15) is 11.8 Å². The molecule has 1 aliphatic heterocycles. The Hall–Kier alpha value is -3.04. The zero-order chi connectivity index (χ0) is 24.4. The molecule has 2 aliphatic rings. The van der Waals surface area contributed by atoms with Crippen LogP contribution in [-0.4, -0.2) is 39.1 Å². The standard InChI is InChI=1S/C27H30N2O6/c1-18-14-29(26(32)28-24(18)31)25-21-12-13-22(30)27(35-25,17-33-15-19-8-4-2-5-9-19)23(21)34-16-20-10-6-3-7-11-20/h2-11,14,21-23,25,30H,12-13,15-17H2,1H3,(H,28,31,32)/t21-,22+,23+,25-,27+/m1/s1. The molecular formula is C27H30N2O6. The van der Waals surface area contributed by atoms with Crippen molar-refractivity contribution >= 4 is 0 Å². The summed E-state index contributed by atoms with van der Waals surface area (Å²) in [7, 11) is 0. The van der Waals surface area contributed by atoms with Crippen molar-refractivity contribution in [2.75, 3.05) is 6.61 Å². The van der Waals surface area contributed by atoms with Gasteiger partial charge in [0.25, 0.3) is 5.56 Å². The number of aliphatic hydroxyl groups is 1. The Morgan fingerprint density at radius 1 is 1.03 bits per heavy atom. The van der Waals surface area contributed by atoms with Crippen LogP contribution in [0.5, 0.6) is 0 Å². The molecule has 2 N–H and O–H groups in total. The lowest BCUT2D eigenvalue weighted by Gasteiger charge is -2.42. The van der Waals surface area contributed by atoms with Crippen LogP contribution in [0.3, 0.4) is 0 Å². The number of fused-ring (bicyclic) bond motifs is 2. The highest BCUT2D eigenvalue weighted by Gasteiger charge is 2.63. The summed E-state index contributed by atoms with van der Waals surface area (Å²) in [4.78, 5) is 27.0. The number of benzene rings is 2. The number of nitrogens with one attached hydrogen (secondary N) is 1. The predicted octanol–water partition coefficient (Wildman–Crippen LogP) is 2.69. The Balaban J connectivity index is 1.46. The number of aliphatic hydroxyl groups excluding tert-OH is 1. The van der Waals surface area contributed by atoms with Crippen LogP contribution < -0.4 is 11.2 Å². The van der Waals surface area contributed by atoms with Gasteiger partial charge >= 0.3 is 5.69 Å². The predicted molar refractivity (Wildman–Crippen MR) is 129 cm³/mol. The minimum Gasteiger partial charge on any atom is -0.390 e. The van der Waals surface area contributed by atoms with Crippen molar-refractivity contribution in [1.29, 1.82) is 0 Å². The normalized spacial score (nSPS) is 27.7. The third kappa shape index (κ3) is 4.62. The van der Waals surface area contributed by atoms with Crippen LogP contribution >= 0.6 is 0 Å². The van der Waals surface area contributed by atoms with E-state index in [4.69, 9.17) is 14.2 Å². The minimum absolute atomic E-state index is 0.104. The van der Waals surface area contributed by atoms with Gasteiger partial charge in [0.2, 0.25) is 0 Å². The average Bonchev–Trinajstić information content (AvgIpc) is 3.10. The maximum absolute atomic E-state index is 12.7. The van der Waals surface area contributed by atoms with Gasteiger partial charge in [0.05, 0.1) is 32.0 Å². The fraction of sp³-hybridized carbons (Fsp3) is 0.407. The SMILES string of the molecule is Cc1cn([C@@H]2O[C@@]3(COCc4ccccc4)[C@@H](O)CC[C@@H]2[C@@H]3OCc2ccccc2)c(=O)[nH]c1=O. The second kappa shape index (κ2) is 9.91. The highest BCUT2D eigenvalue weighted by Crippen LogP contribution is 2.51. The van der Waals surface area contributed by atoms with E-state index in [1.807, 2.05) is 60.7 Å². The van der Waals surface area contributed by atoms with E-state index in [0.717, 1.165) is 11.1 Å². The number of aromatic nitrogens is 2. The second-order valence-corrected chi connectivity index (χ2v) is 9.39. The quantitative estimate of drug-likeness (QED) is 0.516. The highest BCUT2D eigenvalue weighted by atomic mass is 16.6. The zero-order valence-corrected chi connectivity index (χ0v) is 19.6. The molecule has 1 aromatic heterocycles. The van der Waals surface area contributed by atoms with Crippen LogP contribution in [0.25, 0.3) is 0 Å². The van der Waals surface area contributed by atoms with E-state index >= 15 is 0 Å². The largest absolute Gasteiger partial charge is 0.390 e. The summed E-state index contributed by atoms with van der Waals surface area (Å²) in [5.74, 6) is -0.203. The van der Waals surface area contributed by atoms with E-state index < -0.39 is 35.3 Å². The van der Waals surface area contributed by atoms with Crippen molar-refractivity contribution in [3.8, 4) is 0 Å². The summed E-state index contributed by atoms with van der Waals surface area (Å²) >= 11 is 0. The third-order valence-electron chi connectivity index (χ3n) is 7.05. The zero-order valence-electron chi connectivity index (χ0n) is 19.6. The summed E-state index contributed by atoms with van der Waals surface area (Å²) in [6.07, 6.45) is 0.586. The number of ether oxygens (including phenoxy) is 3. The first-order chi connectivity index (χ1) is 17.0. The van der Waals surface area contributed by atoms with Crippen molar-refractivity contribution in [1.82, 2.24) is 9.55 Å². The van der Waals surface area contributed by atoms with Crippen LogP contribution in [0.2, 0.25) is 0 Å².